The van der Waals surface area contributed by atoms with Gasteiger partial charge in [-0.25, -0.2) is 9.97 Å². The molecule has 0 aromatic carbocycles. The van der Waals surface area contributed by atoms with Crippen molar-refractivity contribution in [2.24, 2.45) is 0 Å². The van der Waals surface area contributed by atoms with Gasteiger partial charge in [-0.2, -0.15) is 0 Å². The summed E-state index contributed by atoms with van der Waals surface area (Å²) in [5.41, 5.74) is 2.54. The maximum atomic E-state index is 4.59. The van der Waals surface area contributed by atoms with E-state index in [-0.39, 0.29) is 0 Å². The van der Waals surface area contributed by atoms with Crippen LogP contribution in [-0.2, 0) is 13.0 Å². The molecule has 0 saturated heterocycles. The van der Waals surface area contributed by atoms with Gasteiger partial charge in [0.1, 0.15) is 12.1 Å². The summed E-state index contributed by atoms with van der Waals surface area (Å²) in [6, 6.07) is 0.535. The highest BCUT2D eigenvalue weighted by atomic mass is 15.2. The molecule has 0 fully saturated rings. The molecule has 1 aromatic rings. The van der Waals surface area contributed by atoms with Gasteiger partial charge in [0.15, 0.2) is 0 Å². The first-order chi connectivity index (χ1) is 9.27. The molecular formula is C15H26N4. The van der Waals surface area contributed by atoms with Gasteiger partial charge in [0.2, 0.25) is 0 Å². The molecule has 1 aliphatic heterocycles. The van der Waals surface area contributed by atoms with E-state index in [0.717, 1.165) is 38.3 Å². The van der Waals surface area contributed by atoms with Gasteiger partial charge in [-0.05, 0) is 19.8 Å². The molecule has 2 rings (SSSR count). The average molecular weight is 262 g/mol. The second-order valence-electron chi connectivity index (χ2n) is 5.35. The van der Waals surface area contributed by atoms with Gasteiger partial charge in [0.05, 0.1) is 5.69 Å². The zero-order valence-electron chi connectivity index (χ0n) is 12.4. The monoisotopic (exact) mass is 262 g/mol. The minimum Gasteiger partial charge on any atom is -0.354 e. The Labute approximate surface area is 116 Å². The average Bonchev–Trinajstić information content (AvgIpc) is 2.47. The summed E-state index contributed by atoms with van der Waals surface area (Å²) in [4.78, 5) is 11.5. The van der Waals surface area contributed by atoms with Crippen LogP contribution < -0.4 is 10.2 Å². The fraction of sp³-hybridized carbons (Fsp3) is 0.733. The van der Waals surface area contributed by atoms with Crippen molar-refractivity contribution in [1.82, 2.24) is 15.3 Å². The number of rotatable bonds is 6. The van der Waals surface area contributed by atoms with Crippen molar-refractivity contribution in [3.05, 3.63) is 17.6 Å². The van der Waals surface area contributed by atoms with Gasteiger partial charge >= 0.3 is 0 Å². The molecule has 0 radical (unpaired) electrons. The Morgan fingerprint density at radius 3 is 2.95 bits per heavy atom. The fourth-order valence-electron chi connectivity index (χ4n) is 2.59. The lowest BCUT2D eigenvalue weighted by Gasteiger charge is -2.32. The first-order valence-electron chi connectivity index (χ1n) is 7.58. The van der Waals surface area contributed by atoms with Crippen molar-refractivity contribution < 1.29 is 0 Å². The minimum atomic E-state index is 0.535. The number of unbranched alkanes of at least 4 members (excludes halogenated alkanes) is 1. The Balaban J connectivity index is 2.29. The molecule has 0 saturated carbocycles. The SMILES string of the molecule is CCCCN(c1ncnc2c1CNCC2)C(C)CC. The predicted octanol–water partition coefficient (Wildman–Crippen LogP) is 2.53. The molecule has 2 heterocycles. The Hall–Kier alpha value is -1.16. The van der Waals surface area contributed by atoms with Gasteiger partial charge in [-0.15, -0.1) is 0 Å². The highest BCUT2D eigenvalue weighted by Gasteiger charge is 2.21. The zero-order chi connectivity index (χ0) is 13.7. The van der Waals surface area contributed by atoms with Crippen LogP contribution in [0.5, 0.6) is 0 Å². The number of nitrogens with zero attached hydrogens (tertiary/aromatic N) is 3. The Kier molecular flexibility index (Phi) is 5.14. The maximum absolute atomic E-state index is 4.59. The summed E-state index contributed by atoms with van der Waals surface area (Å²) in [6.07, 6.45) is 6.35. The van der Waals surface area contributed by atoms with E-state index in [1.807, 2.05) is 0 Å². The summed E-state index contributed by atoms with van der Waals surface area (Å²) in [7, 11) is 0. The minimum absolute atomic E-state index is 0.535. The summed E-state index contributed by atoms with van der Waals surface area (Å²) in [5, 5.41) is 3.44. The van der Waals surface area contributed by atoms with Gasteiger partial charge < -0.3 is 10.2 Å². The molecule has 19 heavy (non-hydrogen) atoms. The molecule has 0 bridgehead atoms. The van der Waals surface area contributed by atoms with Crippen molar-refractivity contribution in [2.45, 2.75) is 59.0 Å². The van der Waals surface area contributed by atoms with Crippen LogP contribution in [0.4, 0.5) is 5.82 Å². The molecule has 1 aliphatic rings. The van der Waals surface area contributed by atoms with E-state index < -0.39 is 0 Å². The van der Waals surface area contributed by atoms with Gasteiger partial charge in [0.25, 0.3) is 0 Å². The molecule has 1 unspecified atom stereocenters. The molecule has 1 N–H and O–H groups in total. The Morgan fingerprint density at radius 1 is 1.37 bits per heavy atom. The van der Waals surface area contributed by atoms with E-state index in [2.05, 4.69) is 41.0 Å². The molecule has 106 valence electrons. The van der Waals surface area contributed by atoms with Crippen LogP contribution in [0.25, 0.3) is 0 Å². The lowest BCUT2D eigenvalue weighted by atomic mass is 10.1. The molecule has 0 spiro atoms. The van der Waals surface area contributed by atoms with Crippen LogP contribution in [-0.4, -0.2) is 29.1 Å². The third-order valence-electron chi connectivity index (χ3n) is 4.00. The largest absolute Gasteiger partial charge is 0.354 e. The smallest absolute Gasteiger partial charge is 0.136 e. The third kappa shape index (κ3) is 3.24. The van der Waals surface area contributed by atoms with Crippen molar-refractivity contribution in [1.29, 1.82) is 0 Å². The van der Waals surface area contributed by atoms with Crippen molar-refractivity contribution in [2.75, 3.05) is 18.0 Å². The number of nitrogens with one attached hydrogen (secondary N) is 1. The molecule has 4 heteroatoms. The molecule has 1 atom stereocenters. The molecule has 1 aromatic heterocycles. The fourth-order valence-corrected chi connectivity index (χ4v) is 2.59. The zero-order valence-corrected chi connectivity index (χ0v) is 12.4. The normalized spacial score (nSPS) is 15.9. The highest BCUT2D eigenvalue weighted by Crippen LogP contribution is 2.25. The summed E-state index contributed by atoms with van der Waals surface area (Å²) < 4.78 is 0. The predicted molar refractivity (Wildman–Crippen MR) is 79.4 cm³/mol. The second kappa shape index (κ2) is 6.85. The summed E-state index contributed by atoms with van der Waals surface area (Å²) >= 11 is 0. The van der Waals surface area contributed by atoms with Crippen LogP contribution in [0, 0.1) is 0 Å². The maximum Gasteiger partial charge on any atom is 0.136 e. The van der Waals surface area contributed by atoms with Gasteiger partial charge in [-0.3, -0.25) is 0 Å². The number of hydrogen-bond donors (Lipinski definition) is 1. The van der Waals surface area contributed by atoms with Gasteiger partial charge in [0, 0.05) is 37.7 Å². The van der Waals surface area contributed by atoms with E-state index in [9.17, 15) is 0 Å². The van der Waals surface area contributed by atoms with E-state index >= 15 is 0 Å². The first-order valence-corrected chi connectivity index (χ1v) is 7.58. The quantitative estimate of drug-likeness (QED) is 0.855. The lowest BCUT2D eigenvalue weighted by Crippen LogP contribution is -2.37. The van der Waals surface area contributed by atoms with Crippen LogP contribution >= 0.6 is 0 Å². The summed E-state index contributed by atoms with van der Waals surface area (Å²) in [5.74, 6) is 1.15. The van der Waals surface area contributed by atoms with E-state index in [0.29, 0.717) is 6.04 Å². The van der Waals surface area contributed by atoms with Crippen molar-refractivity contribution in [3.8, 4) is 0 Å². The standard InChI is InChI=1S/C15H26N4/c1-4-6-9-19(12(3)5-2)15-13-10-16-8-7-14(13)17-11-18-15/h11-12,16H,4-10H2,1-3H3. The van der Waals surface area contributed by atoms with Crippen molar-refractivity contribution in [3.63, 3.8) is 0 Å². The molecule has 0 amide bonds. The Morgan fingerprint density at radius 2 is 2.21 bits per heavy atom. The number of hydrogen-bond acceptors (Lipinski definition) is 4. The van der Waals surface area contributed by atoms with Crippen LogP contribution in [0.1, 0.15) is 51.3 Å². The van der Waals surface area contributed by atoms with Crippen LogP contribution in [0.2, 0.25) is 0 Å². The number of fused-ring (bicyclic) bond motifs is 1. The molecular weight excluding hydrogens is 236 g/mol. The third-order valence-corrected chi connectivity index (χ3v) is 4.00. The summed E-state index contributed by atoms with van der Waals surface area (Å²) in [6.45, 7) is 9.81. The second-order valence-corrected chi connectivity index (χ2v) is 5.35. The van der Waals surface area contributed by atoms with Crippen LogP contribution in [0.3, 0.4) is 0 Å². The van der Waals surface area contributed by atoms with Crippen molar-refractivity contribution >= 4 is 5.82 Å². The van der Waals surface area contributed by atoms with Gasteiger partial charge in [-0.1, -0.05) is 20.3 Å². The Bertz CT molecular complexity index is 405. The van der Waals surface area contributed by atoms with E-state index in [4.69, 9.17) is 0 Å². The number of aromatic nitrogens is 2. The lowest BCUT2D eigenvalue weighted by molar-refractivity contribution is 0.571. The molecule has 4 nitrogen and oxygen atoms in total. The number of anilines is 1. The van der Waals surface area contributed by atoms with Crippen LogP contribution in [0.15, 0.2) is 6.33 Å². The first kappa shape index (κ1) is 14.3. The van der Waals surface area contributed by atoms with E-state index in [1.54, 1.807) is 6.33 Å². The molecule has 0 aliphatic carbocycles. The highest BCUT2D eigenvalue weighted by molar-refractivity contribution is 5.50. The van der Waals surface area contributed by atoms with E-state index in [1.165, 1.54) is 24.1 Å². The topological polar surface area (TPSA) is 41.1 Å².